The van der Waals surface area contributed by atoms with Gasteiger partial charge in [0.15, 0.2) is 0 Å². The van der Waals surface area contributed by atoms with Crippen LogP contribution in [0.3, 0.4) is 0 Å². The molecule has 3 N–H and O–H groups in total. The van der Waals surface area contributed by atoms with Crippen LogP contribution in [0.1, 0.15) is 34.1 Å². The molecule has 1 unspecified atom stereocenters. The van der Waals surface area contributed by atoms with Crippen molar-refractivity contribution < 1.29 is 4.79 Å². The normalized spacial score (nSPS) is 20.6. The van der Waals surface area contributed by atoms with Crippen LogP contribution in [0.15, 0.2) is 52.5 Å². The van der Waals surface area contributed by atoms with E-state index in [0.717, 1.165) is 25.1 Å². The Morgan fingerprint density at radius 2 is 1.89 bits per heavy atom. The monoisotopic (exact) mass is 384 g/mol. The van der Waals surface area contributed by atoms with Crippen LogP contribution in [0, 0.1) is 10.8 Å². The van der Waals surface area contributed by atoms with Gasteiger partial charge in [0, 0.05) is 36.1 Å². The van der Waals surface area contributed by atoms with E-state index < -0.39 is 0 Å². The number of anilines is 1. The fourth-order valence-corrected chi connectivity index (χ4v) is 3.86. The van der Waals surface area contributed by atoms with Crippen molar-refractivity contribution in [3.63, 3.8) is 0 Å². The topological polar surface area (TPSA) is 80.0 Å². The van der Waals surface area contributed by atoms with E-state index in [1.807, 2.05) is 39.0 Å². The Morgan fingerprint density at radius 3 is 2.52 bits per heavy atom. The number of benzene rings is 1. The number of amides is 1. The molecule has 1 aromatic carbocycles. The minimum atomic E-state index is -0.125. The first-order valence-corrected chi connectivity index (χ1v) is 10.1. The maximum atomic E-state index is 12.5. The Balaban J connectivity index is 0.00000126. The number of allylic oxidation sites excluding steroid dienone is 2. The molecule has 6 heteroatoms. The van der Waals surface area contributed by atoms with Crippen molar-refractivity contribution in [1.29, 1.82) is 10.8 Å². The van der Waals surface area contributed by atoms with Gasteiger partial charge in [0.25, 0.3) is 5.91 Å². The molecule has 1 saturated heterocycles. The van der Waals surface area contributed by atoms with Gasteiger partial charge in [-0.05, 0) is 44.1 Å². The first-order chi connectivity index (χ1) is 13.0. The molecule has 0 radical (unpaired) electrons. The molecule has 1 atom stereocenters. The zero-order chi connectivity index (χ0) is 20.0. The average molecular weight is 385 g/mol. The maximum Gasteiger partial charge on any atom is 0.258 e. The minimum absolute atomic E-state index is 0.113. The lowest BCUT2D eigenvalue weighted by Crippen LogP contribution is -2.37. The highest BCUT2D eigenvalue weighted by Crippen LogP contribution is 2.33. The van der Waals surface area contributed by atoms with Gasteiger partial charge in [0.1, 0.15) is 0 Å². The molecular weight excluding hydrogens is 356 g/mol. The van der Waals surface area contributed by atoms with Crippen molar-refractivity contribution in [1.82, 2.24) is 5.32 Å². The van der Waals surface area contributed by atoms with Gasteiger partial charge >= 0.3 is 0 Å². The highest BCUT2D eigenvalue weighted by atomic mass is 32.2. The molecule has 27 heavy (non-hydrogen) atoms. The molecule has 1 fully saturated rings. The van der Waals surface area contributed by atoms with Gasteiger partial charge in [-0.1, -0.05) is 43.8 Å². The van der Waals surface area contributed by atoms with Crippen molar-refractivity contribution >= 4 is 34.1 Å². The van der Waals surface area contributed by atoms with Gasteiger partial charge in [-0.25, -0.2) is 0 Å². The first-order valence-electron chi connectivity index (χ1n) is 9.31. The van der Waals surface area contributed by atoms with Gasteiger partial charge in [-0.2, -0.15) is 0 Å². The molecule has 144 valence electrons. The molecule has 2 heterocycles. The van der Waals surface area contributed by atoms with E-state index in [9.17, 15) is 4.79 Å². The molecule has 5 nitrogen and oxygen atoms in total. The molecule has 0 aromatic heterocycles. The summed E-state index contributed by atoms with van der Waals surface area (Å²) in [6.07, 6.45) is 2.65. The Hall–Kier alpha value is -2.34. The van der Waals surface area contributed by atoms with Crippen LogP contribution < -0.4 is 10.2 Å². The number of hydrogen-bond donors (Lipinski definition) is 3. The van der Waals surface area contributed by atoms with E-state index in [1.165, 1.54) is 17.4 Å². The van der Waals surface area contributed by atoms with E-state index >= 15 is 0 Å². The number of para-hydroxylation sites is 1. The average Bonchev–Trinajstić information content (AvgIpc) is 3.30. The molecule has 2 aliphatic heterocycles. The number of carbonyl (C=O) groups excluding carboxylic acids is 1. The van der Waals surface area contributed by atoms with E-state index in [-0.39, 0.29) is 11.9 Å². The van der Waals surface area contributed by atoms with Crippen LogP contribution in [0.25, 0.3) is 0 Å². The predicted molar refractivity (Wildman–Crippen MR) is 116 cm³/mol. The highest BCUT2D eigenvalue weighted by Gasteiger charge is 2.28. The van der Waals surface area contributed by atoms with Crippen LogP contribution in [0.4, 0.5) is 5.69 Å². The maximum absolute atomic E-state index is 12.5. The second-order valence-corrected chi connectivity index (χ2v) is 7.40. The number of nitrogens with zero attached hydrogens (tertiary/aromatic N) is 1. The zero-order valence-corrected chi connectivity index (χ0v) is 17.2. The first kappa shape index (κ1) is 21.0. The minimum Gasteiger partial charge on any atom is -0.369 e. The Bertz CT molecular complexity index is 783. The molecule has 0 bridgehead atoms. The van der Waals surface area contributed by atoms with Crippen molar-refractivity contribution in [2.75, 3.05) is 18.0 Å². The number of nitrogens with one attached hydrogen (secondary N) is 3. The third-order valence-electron chi connectivity index (χ3n) is 4.57. The van der Waals surface area contributed by atoms with Crippen molar-refractivity contribution in [2.24, 2.45) is 0 Å². The lowest BCUT2D eigenvalue weighted by Gasteiger charge is -2.19. The van der Waals surface area contributed by atoms with Gasteiger partial charge in [0.05, 0.1) is 9.95 Å². The molecule has 0 spiro atoms. The molecule has 3 rings (SSSR count). The van der Waals surface area contributed by atoms with Crippen molar-refractivity contribution in [2.45, 2.75) is 40.2 Å². The van der Waals surface area contributed by atoms with E-state index in [0.29, 0.717) is 21.2 Å². The summed E-state index contributed by atoms with van der Waals surface area (Å²) in [6, 6.07) is 10.3. The fourth-order valence-electron chi connectivity index (χ4n) is 2.99. The van der Waals surface area contributed by atoms with Crippen molar-refractivity contribution in [3.05, 3.63) is 52.5 Å². The molecule has 1 amide bonds. The van der Waals surface area contributed by atoms with E-state index in [1.54, 1.807) is 13.0 Å². The Kier molecular flexibility index (Phi) is 7.42. The molecule has 2 aliphatic rings. The number of rotatable bonds is 4. The molecule has 1 aromatic rings. The Morgan fingerprint density at radius 1 is 1.22 bits per heavy atom. The molecular formula is C21H28N4OS. The number of thioether (sulfide) groups is 1. The van der Waals surface area contributed by atoms with Crippen molar-refractivity contribution in [3.8, 4) is 0 Å². The van der Waals surface area contributed by atoms with Gasteiger partial charge in [-0.3, -0.25) is 10.2 Å². The molecule has 0 saturated carbocycles. The highest BCUT2D eigenvalue weighted by molar-refractivity contribution is 8.18. The van der Waals surface area contributed by atoms with Gasteiger partial charge in [0.2, 0.25) is 0 Å². The fraction of sp³-hybridized carbons (Fsp3) is 0.381. The van der Waals surface area contributed by atoms with Crippen LogP contribution in [-0.4, -0.2) is 35.8 Å². The summed E-state index contributed by atoms with van der Waals surface area (Å²) in [7, 11) is 0. The summed E-state index contributed by atoms with van der Waals surface area (Å²) >= 11 is 1.17. The van der Waals surface area contributed by atoms with E-state index in [4.69, 9.17) is 10.8 Å². The SMILES string of the molecule is CC.CC(=N)/C(C)=C1/C=C(C(=O)NC2CCN(c3ccccc3)C2)SC1=N. The quantitative estimate of drug-likeness (QED) is 0.674. The number of hydrogen-bond acceptors (Lipinski definition) is 5. The number of carbonyl (C=O) groups is 1. The third kappa shape index (κ3) is 5.10. The van der Waals surface area contributed by atoms with Crippen LogP contribution in [0.2, 0.25) is 0 Å². The molecule has 0 aliphatic carbocycles. The zero-order valence-electron chi connectivity index (χ0n) is 16.4. The summed E-state index contributed by atoms with van der Waals surface area (Å²) in [5, 5.41) is 19.2. The predicted octanol–water partition coefficient (Wildman–Crippen LogP) is 4.37. The van der Waals surface area contributed by atoms with Gasteiger partial charge < -0.3 is 15.6 Å². The second kappa shape index (κ2) is 9.55. The van der Waals surface area contributed by atoms with Crippen LogP contribution >= 0.6 is 11.8 Å². The largest absolute Gasteiger partial charge is 0.369 e. The van der Waals surface area contributed by atoms with E-state index in [2.05, 4.69) is 22.3 Å². The standard InChI is InChI=1S/C19H22N4OS.C2H6/c1-12(13(2)20)16-10-17(25-18(16)21)19(24)22-14-8-9-23(11-14)15-6-4-3-5-7-15;1-2/h3-7,10,14,20-21H,8-9,11H2,1-2H3,(H,22,24);1-2H3/b16-12-,20-13?,21-18?;. The lowest BCUT2D eigenvalue weighted by molar-refractivity contribution is -0.117. The summed E-state index contributed by atoms with van der Waals surface area (Å²) < 4.78 is 0. The summed E-state index contributed by atoms with van der Waals surface area (Å²) in [6.45, 7) is 9.24. The summed E-state index contributed by atoms with van der Waals surface area (Å²) in [4.78, 5) is 15.4. The summed E-state index contributed by atoms with van der Waals surface area (Å²) in [5.41, 5.74) is 3.03. The third-order valence-corrected chi connectivity index (χ3v) is 5.51. The lowest BCUT2D eigenvalue weighted by atomic mass is 10.1. The Labute approximate surface area is 165 Å². The second-order valence-electron chi connectivity index (χ2n) is 6.34. The van der Waals surface area contributed by atoms with Gasteiger partial charge in [-0.15, -0.1) is 0 Å². The van der Waals surface area contributed by atoms with Crippen LogP contribution in [0.5, 0.6) is 0 Å². The smallest absolute Gasteiger partial charge is 0.258 e. The van der Waals surface area contributed by atoms with Crippen LogP contribution in [-0.2, 0) is 4.79 Å². The summed E-state index contributed by atoms with van der Waals surface area (Å²) in [5.74, 6) is -0.125.